The maximum atomic E-state index is 12.5. The molecule has 3 aliphatic rings. The van der Waals surface area contributed by atoms with Crippen LogP contribution in [0.1, 0.15) is 11.5 Å². The van der Waals surface area contributed by atoms with Crippen LogP contribution in [-0.2, 0) is 16.1 Å². The Morgan fingerprint density at radius 2 is 2.06 bits per heavy atom. The Balaban J connectivity index is 1.10. The van der Waals surface area contributed by atoms with Gasteiger partial charge in [-0.15, -0.1) is 11.8 Å². The van der Waals surface area contributed by atoms with E-state index in [1.54, 1.807) is 9.47 Å². The molecule has 0 bridgehead atoms. The minimum Gasteiger partial charge on any atom is -0.443 e. The van der Waals surface area contributed by atoms with Crippen molar-refractivity contribution >= 4 is 46.2 Å². The number of thioether (sulfide) groups is 1. The zero-order valence-corrected chi connectivity index (χ0v) is 18.4. The highest BCUT2D eigenvalue weighted by Crippen LogP contribution is 2.35. The van der Waals surface area contributed by atoms with E-state index < -0.39 is 6.09 Å². The maximum Gasteiger partial charge on any atom is 0.414 e. The summed E-state index contributed by atoms with van der Waals surface area (Å²) >= 11 is 1.49. The summed E-state index contributed by atoms with van der Waals surface area (Å²) in [4.78, 5) is 43.2. The van der Waals surface area contributed by atoms with Gasteiger partial charge >= 0.3 is 6.09 Å². The van der Waals surface area contributed by atoms with E-state index in [9.17, 15) is 14.4 Å². The molecule has 0 spiro atoms. The van der Waals surface area contributed by atoms with Crippen LogP contribution in [0.2, 0.25) is 0 Å². The third kappa shape index (κ3) is 3.55. The van der Waals surface area contributed by atoms with E-state index >= 15 is 0 Å². The lowest BCUT2D eigenvalue weighted by molar-refractivity contribution is -0.113. The summed E-state index contributed by atoms with van der Waals surface area (Å²) in [6.45, 7) is 2.21. The zero-order valence-electron chi connectivity index (χ0n) is 17.6. The van der Waals surface area contributed by atoms with Crippen LogP contribution in [0.3, 0.4) is 0 Å². The molecule has 9 nitrogen and oxygen atoms in total. The number of anilines is 2. The van der Waals surface area contributed by atoms with Crippen LogP contribution < -0.4 is 21.1 Å². The highest BCUT2D eigenvalue weighted by Gasteiger charge is 2.33. The van der Waals surface area contributed by atoms with Gasteiger partial charge in [-0.1, -0.05) is 12.1 Å². The van der Waals surface area contributed by atoms with Gasteiger partial charge in [-0.3, -0.25) is 14.5 Å². The van der Waals surface area contributed by atoms with Crippen LogP contribution in [0, 0.1) is 0 Å². The van der Waals surface area contributed by atoms with E-state index in [0.29, 0.717) is 37.6 Å². The molecule has 33 heavy (non-hydrogen) atoms. The van der Waals surface area contributed by atoms with E-state index in [1.165, 1.54) is 18.0 Å². The Morgan fingerprint density at radius 3 is 2.97 bits per heavy atom. The van der Waals surface area contributed by atoms with E-state index in [0.717, 1.165) is 27.2 Å². The molecule has 2 N–H and O–H groups in total. The molecule has 1 saturated heterocycles. The van der Waals surface area contributed by atoms with Gasteiger partial charge in [-0.05, 0) is 29.8 Å². The Bertz CT molecular complexity index is 1360. The van der Waals surface area contributed by atoms with E-state index in [2.05, 4.69) is 15.6 Å². The van der Waals surface area contributed by atoms with E-state index in [1.807, 2.05) is 36.4 Å². The first-order valence-electron chi connectivity index (χ1n) is 10.8. The van der Waals surface area contributed by atoms with Crippen LogP contribution in [0.4, 0.5) is 16.2 Å². The number of hydrogen-bond acceptors (Lipinski definition) is 7. The van der Waals surface area contributed by atoms with Gasteiger partial charge in [0.25, 0.3) is 5.56 Å². The standard InChI is InChI=1S/C23H21N5O4S/c29-20-12-33-19-5-4-14(6-18(19)26-20)27-11-15(32-23(27)31)8-24-7-13-10-28-21(30)9-25-17-3-1-2-16(13)22(17)28/h1-6,9,13,15,24H,7-8,10-12H2,(H,26,29)/t13?,15-/m1/s1. The third-order valence-electron chi connectivity index (χ3n) is 6.28. The van der Waals surface area contributed by atoms with Crippen molar-refractivity contribution in [3.05, 3.63) is 58.5 Å². The lowest BCUT2D eigenvalue weighted by Crippen LogP contribution is -2.33. The molecule has 0 aliphatic carbocycles. The molecular weight excluding hydrogens is 442 g/mol. The van der Waals surface area contributed by atoms with Crippen LogP contribution in [0.15, 0.2) is 52.3 Å². The molecule has 2 aromatic carbocycles. The number of benzene rings is 2. The number of nitrogens with one attached hydrogen (secondary N) is 2. The van der Waals surface area contributed by atoms with Gasteiger partial charge in [0.1, 0.15) is 6.10 Å². The molecule has 2 amide bonds. The zero-order chi connectivity index (χ0) is 22.5. The molecule has 1 unspecified atom stereocenters. The largest absolute Gasteiger partial charge is 0.443 e. The fraction of sp³-hybridized carbons (Fsp3) is 0.304. The fourth-order valence-corrected chi connectivity index (χ4v) is 5.54. The van der Waals surface area contributed by atoms with Crippen LogP contribution in [-0.4, -0.2) is 53.0 Å². The van der Waals surface area contributed by atoms with E-state index in [-0.39, 0.29) is 23.5 Å². The van der Waals surface area contributed by atoms with Gasteiger partial charge in [0, 0.05) is 36.1 Å². The molecule has 10 heteroatoms. The molecular formula is C23H21N5O4S. The first-order chi connectivity index (χ1) is 16.1. The van der Waals surface area contributed by atoms with Gasteiger partial charge in [0.05, 0.1) is 35.2 Å². The molecule has 3 aliphatic heterocycles. The second kappa shape index (κ2) is 7.89. The predicted molar refractivity (Wildman–Crippen MR) is 125 cm³/mol. The van der Waals surface area contributed by atoms with Crippen LogP contribution >= 0.6 is 11.8 Å². The minimum absolute atomic E-state index is 0.0430. The highest BCUT2D eigenvalue weighted by molar-refractivity contribution is 8.00. The number of rotatable bonds is 5. The lowest BCUT2D eigenvalue weighted by atomic mass is 10.0. The summed E-state index contributed by atoms with van der Waals surface area (Å²) in [5.41, 5.74) is 4.20. The average molecular weight is 464 g/mol. The van der Waals surface area contributed by atoms with Gasteiger partial charge < -0.3 is 19.9 Å². The Labute approximate surface area is 193 Å². The van der Waals surface area contributed by atoms with Gasteiger partial charge in [-0.25, -0.2) is 9.78 Å². The number of amides is 2. The topological polar surface area (TPSA) is 106 Å². The molecule has 1 fully saturated rings. The average Bonchev–Trinajstić information content (AvgIpc) is 3.38. The molecule has 2 atom stereocenters. The van der Waals surface area contributed by atoms with E-state index in [4.69, 9.17) is 4.74 Å². The molecule has 6 rings (SSSR count). The van der Waals surface area contributed by atoms with Crippen molar-refractivity contribution in [2.75, 3.05) is 35.6 Å². The van der Waals surface area contributed by atoms with Crippen molar-refractivity contribution in [2.45, 2.75) is 23.5 Å². The number of carbonyl (C=O) groups is 2. The van der Waals surface area contributed by atoms with Crippen molar-refractivity contribution in [3.8, 4) is 0 Å². The third-order valence-corrected chi connectivity index (χ3v) is 7.36. The summed E-state index contributed by atoms with van der Waals surface area (Å²) in [5, 5.41) is 6.27. The van der Waals surface area contributed by atoms with Gasteiger partial charge in [0.2, 0.25) is 5.91 Å². The summed E-state index contributed by atoms with van der Waals surface area (Å²) < 4.78 is 7.35. The number of nitrogens with zero attached hydrogens (tertiary/aromatic N) is 3. The molecule has 4 heterocycles. The molecule has 1 aromatic heterocycles. The Kier molecular flexibility index (Phi) is 4.84. The number of aromatic nitrogens is 2. The molecule has 3 aromatic rings. The Morgan fingerprint density at radius 1 is 1.15 bits per heavy atom. The number of carbonyl (C=O) groups excluding carboxylic acids is 2. The second-order valence-corrected chi connectivity index (χ2v) is 9.43. The quantitative estimate of drug-likeness (QED) is 0.597. The number of hydrogen-bond donors (Lipinski definition) is 2. The van der Waals surface area contributed by atoms with Crippen LogP contribution in [0.25, 0.3) is 11.0 Å². The van der Waals surface area contributed by atoms with Crippen molar-refractivity contribution in [1.29, 1.82) is 0 Å². The van der Waals surface area contributed by atoms with Gasteiger partial charge in [-0.2, -0.15) is 0 Å². The monoisotopic (exact) mass is 463 g/mol. The summed E-state index contributed by atoms with van der Waals surface area (Å²) in [6.07, 6.45) is 0.688. The summed E-state index contributed by atoms with van der Waals surface area (Å²) in [6, 6.07) is 11.5. The van der Waals surface area contributed by atoms with Crippen molar-refractivity contribution in [1.82, 2.24) is 14.9 Å². The predicted octanol–water partition coefficient (Wildman–Crippen LogP) is 2.15. The van der Waals surface area contributed by atoms with Gasteiger partial charge in [0.15, 0.2) is 0 Å². The maximum absolute atomic E-state index is 12.5. The molecule has 0 saturated carbocycles. The number of cyclic esters (lactones) is 1. The number of para-hydroxylation sites is 1. The molecule has 168 valence electrons. The number of fused-ring (bicyclic) bond motifs is 1. The minimum atomic E-state index is -0.396. The second-order valence-electron chi connectivity index (χ2n) is 8.41. The Hall–Kier alpha value is -3.37. The van der Waals surface area contributed by atoms with Crippen molar-refractivity contribution in [2.24, 2.45) is 0 Å². The lowest BCUT2D eigenvalue weighted by Gasteiger charge is -2.20. The number of ether oxygens (including phenoxy) is 1. The summed E-state index contributed by atoms with van der Waals surface area (Å²) in [7, 11) is 0. The van der Waals surface area contributed by atoms with Crippen molar-refractivity contribution < 1.29 is 14.3 Å². The fourth-order valence-electron chi connectivity index (χ4n) is 4.75. The first-order valence-corrected chi connectivity index (χ1v) is 11.8. The van der Waals surface area contributed by atoms with Crippen molar-refractivity contribution in [3.63, 3.8) is 0 Å². The smallest absolute Gasteiger partial charge is 0.414 e. The normalized spacial score (nSPS) is 21.3. The summed E-state index contributed by atoms with van der Waals surface area (Å²) in [5.74, 6) is 0.511. The van der Waals surface area contributed by atoms with Crippen LogP contribution in [0.5, 0.6) is 0 Å². The SMILES string of the molecule is O=C1CSc2ccc(N3C[C@@H](CNCC4Cn5c(=O)cnc6cccc4c65)OC3=O)cc2N1. The molecule has 0 radical (unpaired) electrons. The highest BCUT2D eigenvalue weighted by atomic mass is 32.2. The first kappa shape index (κ1) is 20.3.